The summed E-state index contributed by atoms with van der Waals surface area (Å²) in [5.41, 5.74) is -1.60. The molecule has 2 saturated carbocycles. The van der Waals surface area contributed by atoms with Gasteiger partial charge in [0.05, 0.1) is 25.0 Å². The van der Waals surface area contributed by atoms with Crippen LogP contribution in [0.5, 0.6) is 0 Å². The van der Waals surface area contributed by atoms with Crippen molar-refractivity contribution in [1.29, 1.82) is 0 Å². The van der Waals surface area contributed by atoms with Gasteiger partial charge in [0.15, 0.2) is 0 Å². The summed E-state index contributed by atoms with van der Waals surface area (Å²) in [6.45, 7) is -0.142. The molecule has 0 spiro atoms. The van der Waals surface area contributed by atoms with E-state index in [1.54, 1.807) is 0 Å². The molecule has 2 amide bonds. The molecule has 2 fully saturated rings. The molecule has 0 radical (unpaired) electrons. The molecule has 0 aromatic heterocycles. The first-order valence-corrected chi connectivity index (χ1v) is 7.67. The number of amides is 2. The van der Waals surface area contributed by atoms with Gasteiger partial charge in [-0.3, -0.25) is 19.2 Å². The average Bonchev–Trinajstić information content (AvgIpc) is 3.50. The summed E-state index contributed by atoms with van der Waals surface area (Å²) in [5, 5.41) is 4.52. The Hall–Kier alpha value is -2.19. The lowest BCUT2D eigenvalue weighted by atomic mass is 10.1. The van der Waals surface area contributed by atoms with Crippen molar-refractivity contribution in [3.8, 4) is 0 Å². The van der Waals surface area contributed by atoms with Crippen LogP contribution in [0.1, 0.15) is 25.7 Å². The lowest BCUT2D eigenvalue weighted by Gasteiger charge is -2.16. The minimum atomic E-state index is -2.41. The molecule has 0 aromatic rings. The predicted molar refractivity (Wildman–Crippen MR) is 78.3 cm³/mol. The van der Waals surface area contributed by atoms with Crippen LogP contribution in [0.25, 0.3) is 0 Å². The standard InChI is InChI=1S/C15H21FN2O6/c1-23-12(21)14(3-4-14)7-17-10(19)9(16)11(20)18-8-15(5-6-15)13(22)24-2/h9H,3-8H2,1-2H3,(H,17,19)(H,18,20). The van der Waals surface area contributed by atoms with Gasteiger partial charge in [-0.25, -0.2) is 4.39 Å². The fourth-order valence-electron chi connectivity index (χ4n) is 2.45. The van der Waals surface area contributed by atoms with Gasteiger partial charge in [0, 0.05) is 13.1 Å². The van der Waals surface area contributed by atoms with E-state index >= 15 is 0 Å². The van der Waals surface area contributed by atoms with Crippen molar-refractivity contribution in [2.45, 2.75) is 31.9 Å². The van der Waals surface area contributed by atoms with E-state index in [2.05, 4.69) is 20.1 Å². The van der Waals surface area contributed by atoms with Gasteiger partial charge in [-0.15, -0.1) is 0 Å². The molecular weight excluding hydrogens is 323 g/mol. The lowest BCUT2D eigenvalue weighted by molar-refractivity contribution is -0.147. The van der Waals surface area contributed by atoms with Gasteiger partial charge in [-0.05, 0) is 25.7 Å². The number of hydrogen-bond donors (Lipinski definition) is 2. The summed E-state index contributed by atoms with van der Waals surface area (Å²) < 4.78 is 23.1. The molecular formula is C15H21FN2O6. The summed E-state index contributed by atoms with van der Waals surface area (Å²) in [7, 11) is 2.48. The van der Waals surface area contributed by atoms with E-state index in [0.29, 0.717) is 25.7 Å². The fraction of sp³-hybridized carbons (Fsp3) is 0.733. The largest absolute Gasteiger partial charge is 0.469 e. The van der Waals surface area contributed by atoms with Crippen molar-refractivity contribution in [2.24, 2.45) is 10.8 Å². The molecule has 24 heavy (non-hydrogen) atoms. The second-order valence-corrected chi connectivity index (χ2v) is 6.34. The topological polar surface area (TPSA) is 111 Å². The molecule has 2 N–H and O–H groups in total. The van der Waals surface area contributed by atoms with Gasteiger partial charge in [-0.1, -0.05) is 0 Å². The van der Waals surface area contributed by atoms with Crippen molar-refractivity contribution in [1.82, 2.24) is 10.6 Å². The summed E-state index contributed by atoms with van der Waals surface area (Å²) in [5.74, 6) is -3.16. The zero-order valence-electron chi connectivity index (χ0n) is 13.6. The monoisotopic (exact) mass is 344 g/mol. The summed E-state index contributed by atoms with van der Waals surface area (Å²) in [4.78, 5) is 46.5. The zero-order valence-corrected chi connectivity index (χ0v) is 13.6. The van der Waals surface area contributed by atoms with Crippen LogP contribution in [-0.4, -0.2) is 57.2 Å². The number of hydrogen-bond acceptors (Lipinski definition) is 6. The number of carbonyl (C=O) groups is 4. The molecule has 134 valence electrons. The quantitative estimate of drug-likeness (QED) is 0.452. The predicted octanol–water partition coefficient (Wildman–Crippen LogP) is -0.537. The van der Waals surface area contributed by atoms with Crippen LogP contribution >= 0.6 is 0 Å². The van der Waals surface area contributed by atoms with Gasteiger partial charge >= 0.3 is 11.9 Å². The van der Waals surface area contributed by atoms with Gasteiger partial charge < -0.3 is 20.1 Å². The van der Waals surface area contributed by atoms with Gasteiger partial charge in [0.25, 0.3) is 18.0 Å². The van der Waals surface area contributed by atoms with Crippen LogP contribution < -0.4 is 10.6 Å². The molecule has 2 aliphatic rings. The molecule has 0 aliphatic heterocycles. The van der Waals surface area contributed by atoms with Crippen LogP contribution in [0.15, 0.2) is 0 Å². The second kappa shape index (κ2) is 6.74. The molecule has 9 heteroatoms. The number of nitrogens with one attached hydrogen (secondary N) is 2. The molecule has 0 unspecified atom stereocenters. The third-order valence-corrected chi connectivity index (χ3v) is 4.61. The first-order chi connectivity index (χ1) is 11.3. The number of carbonyl (C=O) groups excluding carboxylic acids is 4. The highest BCUT2D eigenvalue weighted by molar-refractivity contribution is 6.03. The van der Waals surface area contributed by atoms with Gasteiger partial charge in [-0.2, -0.15) is 0 Å². The normalized spacial score (nSPS) is 19.2. The van der Waals surface area contributed by atoms with Crippen molar-refractivity contribution in [2.75, 3.05) is 27.3 Å². The molecule has 2 aliphatic carbocycles. The molecule has 2 rings (SSSR count). The first-order valence-electron chi connectivity index (χ1n) is 7.67. The number of alkyl halides is 1. The Morgan fingerprint density at radius 2 is 1.21 bits per heavy atom. The number of ether oxygens (including phenoxy) is 2. The molecule has 8 nitrogen and oxygen atoms in total. The summed E-state index contributed by atoms with van der Waals surface area (Å²) in [6, 6.07) is 0. The highest BCUT2D eigenvalue weighted by atomic mass is 19.1. The smallest absolute Gasteiger partial charge is 0.313 e. The van der Waals surface area contributed by atoms with Crippen LogP contribution in [0, 0.1) is 10.8 Å². The second-order valence-electron chi connectivity index (χ2n) is 6.34. The fourth-order valence-corrected chi connectivity index (χ4v) is 2.45. The first kappa shape index (κ1) is 18.2. The van der Waals surface area contributed by atoms with Crippen LogP contribution in [-0.2, 0) is 28.7 Å². The Morgan fingerprint density at radius 1 is 0.875 bits per heavy atom. The lowest BCUT2D eigenvalue weighted by Crippen LogP contribution is -2.47. The van der Waals surface area contributed by atoms with E-state index in [1.807, 2.05) is 0 Å². The third-order valence-electron chi connectivity index (χ3n) is 4.61. The highest BCUT2D eigenvalue weighted by Crippen LogP contribution is 2.46. The Kier molecular flexibility index (Phi) is 5.10. The number of halogens is 1. The summed E-state index contributed by atoms with van der Waals surface area (Å²) in [6.07, 6.45) is -0.225. The number of rotatable bonds is 8. The van der Waals surface area contributed by atoms with Crippen LogP contribution in [0.4, 0.5) is 4.39 Å². The van der Waals surface area contributed by atoms with Crippen molar-refractivity contribution < 1.29 is 33.0 Å². The van der Waals surface area contributed by atoms with E-state index in [1.165, 1.54) is 14.2 Å². The maximum Gasteiger partial charge on any atom is 0.313 e. The Labute approximate surface area is 138 Å². The molecule has 0 heterocycles. The van der Waals surface area contributed by atoms with Gasteiger partial charge in [0.2, 0.25) is 0 Å². The van der Waals surface area contributed by atoms with E-state index in [0.717, 1.165) is 0 Å². The SMILES string of the molecule is COC(=O)C1(CNC(=O)C(F)C(=O)NCC2(C(=O)OC)CC2)CC1. The van der Waals surface area contributed by atoms with Gasteiger partial charge in [0.1, 0.15) is 0 Å². The minimum Gasteiger partial charge on any atom is -0.469 e. The third kappa shape index (κ3) is 3.65. The van der Waals surface area contributed by atoms with E-state index in [9.17, 15) is 23.6 Å². The highest BCUT2D eigenvalue weighted by Gasteiger charge is 2.52. The number of esters is 2. The molecule has 0 saturated heterocycles. The Morgan fingerprint density at radius 3 is 1.46 bits per heavy atom. The minimum absolute atomic E-state index is 0.0711. The van der Waals surface area contributed by atoms with Crippen LogP contribution in [0.3, 0.4) is 0 Å². The molecule has 0 bridgehead atoms. The Bertz CT molecular complexity index is 508. The number of methoxy groups -OCH3 is 2. The van der Waals surface area contributed by atoms with Crippen molar-refractivity contribution in [3.05, 3.63) is 0 Å². The van der Waals surface area contributed by atoms with E-state index < -0.39 is 40.8 Å². The van der Waals surface area contributed by atoms with E-state index in [4.69, 9.17) is 0 Å². The van der Waals surface area contributed by atoms with Crippen molar-refractivity contribution in [3.63, 3.8) is 0 Å². The average molecular weight is 344 g/mol. The summed E-state index contributed by atoms with van der Waals surface area (Å²) >= 11 is 0. The maximum atomic E-state index is 13.9. The van der Waals surface area contributed by atoms with Crippen molar-refractivity contribution >= 4 is 23.8 Å². The maximum absolute atomic E-state index is 13.9. The molecule has 0 atom stereocenters. The Balaban J connectivity index is 1.77. The van der Waals surface area contributed by atoms with Crippen LogP contribution in [0.2, 0.25) is 0 Å². The molecule has 0 aromatic carbocycles. The van der Waals surface area contributed by atoms with E-state index in [-0.39, 0.29) is 13.1 Å². The zero-order chi connectivity index (χ0) is 18.0.